The Hall–Kier alpha value is -0.940. The van der Waals surface area contributed by atoms with Crippen molar-refractivity contribution in [2.75, 3.05) is 32.7 Å². The zero-order valence-corrected chi connectivity index (χ0v) is 15.1. The molecule has 0 aliphatic carbocycles. The van der Waals surface area contributed by atoms with E-state index < -0.39 is 0 Å². The fourth-order valence-electron chi connectivity index (χ4n) is 3.08. The van der Waals surface area contributed by atoms with Crippen molar-refractivity contribution in [2.45, 2.75) is 59.4 Å². The maximum atomic E-state index is 5.51. The number of nitrogens with zero attached hydrogens (tertiary/aromatic N) is 4. The summed E-state index contributed by atoms with van der Waals surface area (Å²) in [4.78, 5) is 9.61. The van der Waals surface area contributed by atoms with Crippen LogP contribution in [0.2, 0.25) is 0 Å². The lowest BCUT2D eigenvalue weighted by molar-refractivity contribution is 0.191. The molecule has 22 heavy (non-hydrogen) atoms. The molecule has 1 aromatic heterocycles. The molecule has 0 amide bonds. The normalized spacial score (nSPS) is 21.7. The molecule has 0 unspecified atom stereocenters. The Balaban J connectivity index is 1.94. The molecule has 0 radical (unpaired) electrons. The largest absolute Gasteiger partial charge is 0.338 e. The summed E-state index contributed by atoms with van der Waals surface area (Å²) in [6.45, 7) is 18.7. The van der Waals surface area contributed by atoms with E-state index in [-0.39, 0.29) is 11.5 Å². The molecular formula is C17H32N4O. The third-order valence-electron chi connectivity index (χ3n) is 4.75. The molecule has 1 aliphatic rings. The Morgan fingerprint density at radius 1 is 1.32 bits per heavy atom. The standard InChI is InChI=1S/C17H32N4O/c1-7-20(8-2)11-14-9-10-21(12-14)13(3)15-18-16(19-22-15)17(4,5)6/h13-14H,7-12H2,1-6H3/t13-,14-/m0/s1. The number of likely N-dealkylation sites (tertiary alicyclic amines) is 1. The predicted molar refractivity (Wildman–Crippen MR) is 88.9 cm³/mol. The van der Waals surface area contributed by atoms with Gasteiger partial charge < -0.3 is 9.42 Å². The van der Waals surface area contributed by atoms with Gasteiger partial charge >= 0.3 is 0 Å². The summed E-state index contributed by atoms with van der Waals surface area (Å²) in [6.07, 6.45) is 1.26. The first-order valence-corrected chi connectivity index (χ1v) is 8.65. The van der Waals surface area contributed by atoms with Crippen LogP contribution in [0.15, 0.2) is 4.52 Å². The lowest BCUT2D eigenvalue weighted by Gasteiger charge is -2.24. The Morgan fingerprint density at radius 2 is 2.00 bits per heavy atom. The van der Waals surface area contributed by atoms with Crippen LogP contribution < -0.4 is 0 Å². The van der Waals surface area contributed by atoms with Crippen LogP contribution in [0.4, 0.5) is 0 Å². The number of hydrogen-bond donors (Lipinski definition) is 0. The van der Waals surface area contributed by atoms with Crippen molar-refractivity contribution >= 4 is 0 Å². The van der Waals surface area contributed by atoms with Crippen LogP contribution >= 0.6 is 0 Å². The van der Waals surface area contributed by atoms with Crippen molar-refractivity contribution in [2.24, 2.45) is 5.92 Å². The molecule has 2 heterocycles. The minimum absolute atomic E-state index is 0.0578. The molecule has 0 bridgehead atoms. The molecule has 1 fully saturated rings. The molecule has 1 aromatic rings. The van der Waals surface area contributed by atoms with Crippen LogP contribution in [0.5, 0.6) is 0 Å². The number of aromatic nitrogens is 2. The van der Waals surface area contributed by atoms with E-state index in [1.54, 1.807) is 0 Å². The minimum Gasteiger partial charge on any atom is -0.338 e. The zero-order chi connectivity index (χ0) is 16.3. The van der Waals surface area contributed by atoms with E-state index in [9.17, 15) is 0 Å². The summed E-state index contributed by atoms with van der Waals surface area (Å²) in [6, 6.07) is 0.213. The summed E-state index contributed by atoms with van der Waals surface area (Å²) < 4.78 is 5.51. The maximum Gasteiger partial charge on any atom is 0.243 e. The molecule has 0 saturated carbocycles. The van der Waals surface area contributed by atoms with Crippen LogP contribution in [0.1, 0.15) is 65.7 Å². The SMILES string of the molecule is CCN(CC)C[C@@H]1CCN([C@@H](C)c2nc(C(C)(C)C)no2)C1. The second kappa shape index (κ2) is 7.09. The predicted octanol–water partition coefficient (Wildman–Crippen LogP) is 3.09. The van der Waals surface area contributed by atoms with E-state index in [1.807, 2.05) is 0 Å². The van der Waals surface area contributed by atoms with Crippen LogP contribution in [0.3, 0.4) is 0 Å². The fourth-order valence-corrected chi connectivity index (χ4v) is 3.08. The van der Waals surface area contributed by atoms with Gasteiger partial charge in [0.1, 0.15) is 0 Å². The molecule has 2 rings (SSSR count). The highest BCUT2D eigenvalue weighted by Gasteiger charge is 2.31. The topological polar surface area (TPSA) is 45.4 Å². The Labute approximate surface area is 135 Å². The quantitative estimate of drug-likeness (QED) is 0.808. The van der Waals surface area contributed by atoms with Crippen molar-refractivity contribution in [3.63, 3.8) is 0 Å². The van der Waals surface area contributed by atoms with Gasteiger partial charge in [0.05, 0.1) is 6.04 Å². The van der Waals surface area contributed by atoms with Crippen LogP contribution in [-0.2, 0) is 5.41 Å². The summed E-state index contributed by atoms with van der Waals surface area (Å²) in [7, 11) is 0. The summed E-state index contributed by atoms with van der Waals surface area (Å²) in [5.41, 5.74) is -0.0578. The van der Waals surface area contributed by atoms with Crippen LogP contribution in [0.25, 0.3) is 0 Å². The number of rotatable bonds is 6. The van der Waals surface area contributed by atoms with Crippen molar-refractivity contribution in [1.29, 1.82) is 0 Å². The summed E-state index contributed by atoms with van der Waals surface area (Å²) >= 11 is 0. The van der Waals surface area contributed by atoms with Crippen molar-refractivity contribution in [3.05, 3.63) is 11.7 Å². The average Bonchev–Trinajstić information content (AvgIpc) is 3.12. The van der Waals surface area contributed by atoms with E-state index >= 15 is 0 Å². The van der Waals surface area contributed by atoms with Gasteiger partial charge in [0.15, 0.2) is 5.82 Å². The van der Waals surface area contributed by atoms with E-state index in [0.29, 0.717) is 0 Å². The number of hydrogen-bond acceptors (Lipinski definition) is 5. The van der Waals surface area contributed by atoms with Gasteiger partial charge in [0.2, 0.25) is 5.89 Å². The van der Waals surface area contributed by atoms with E-state index in [2.05, 4.69) is 61.5 Å². The van der Waals surface area contributed by atoms with Gasteiger partial charge in [0, 0.05) is 18.5 Å². The average molecular weight is 308 g/mol. The van der Waals surface area contributed by atoms with Crippen molar-refractivity contribution < 1.29 is 4.52 Å². The maximum absolute atomic E-state index is 5.51. The second-order valence-electron chi connectivity index (χ2n) is 7.52. The van der Waals surface area contributed by atoms with Crippen LogP contribution in [-0.4, -0.2) is 52.7 Å². The fraction of sp³-hybridized carbons (Fsp3) is 0.882. The van der Waals surface area contributed by atoms with Gasteiger partial charge in [-0.05, 0) is 38.9 Å². The smallest absolute Gasteiger partial charge is 0.243 e. The molecule has 5 nitrogen and oxygen atoms in total. The molecule has 126 valence electrons. The van der Waals surface area contributed by atoms with Gasteiger partial charge in [-0.15, -0.1) is 0 Å². The van der Waals surface area contributed by atoms with E-state index in [0.717, 1.165) is 43.8 Å². The van der Waals surface area contributed by atoms with E-state index in [4.69, 9.17) is 4.52 Å². The van der Waals surface area contributed by atoms with Gasteiger partial charge in [0.25, 0.3) is 0 Å². The summed E-state index contributed by atoms with van der Waals surface area (Å²) in [5, 5.41) is 4.15. The zero-order valence-electron chi connectivity index (χ0n) is 15.1. The monoisotopic (exact) mass is 308 g/mol. The third-order valence-corrected chi connectivity index (χ3v) is 4.75. The Morgan fingerprint density at radius 3 is 2.55 bits per heavy atom. The lowest BCUT2D eigenvalue weighted by atomic mass is 9.96. The van der Waals surface area contributed by atoms with Gasteiger partial charge in [-0.3, -0.25) is 4.90 Å². The van der Waals surface area contributed by atoms with Gasteiger partial charge in [-0.25, -0.2) is 0 Å². The molecule has 0 N–H and O–H groups in total. The lowest BCUT2D eigenvalue weighted by Crippen LogP contribution is -2.31. The van der Waals surface area contributed by atoms with Gasteiger partial charge in [-0.2, -0.15) is 4.98 Å². The van der Waals surface area contributed by atoms with Crippen LogP contribution in [0, 0.1) is 5.92 Å². The second-order valence-corrected chi connectivity index (χ2v) is 7.52. The highest BCUT2D eigenvalue weighted by atomic mass is 16.5. The van der Waals surface area contributed by atoms with E-state index in [1.165, 1.54) is 13.0 Å². The molecule has 0 aromatic carbocycles. The Kier molecular flexibility index (Phi) is 5.61. The summed E-state index contributed by atoms with van der Waals surface area (Å²) in [5.74, 6) is 2.31. The molecule has 5 heteroatoms. The van der Waals surface area contributed by atoms with Gasteiger partial charge in [-0.1, -0.05) is 39.8 Å². The molecule has 2 atom stereocenters. The third kappa shape index (κ3) is 4.07. The first-order chi connectivity index (χ1) is 10.3. The first-order valence-electron chi connectivity index (χ1n) is 8.65. The van der Waals surface area contributed by atoms with Crippen molar-refractivity contribution in [3.8, 4) is 0 Å². The molecule has 1 saturated heterocycles. The minimum atomic E-state index is -0.0578. The molecule has 0 spiro atoms. The highest BCUT2D eigenvalue weighted by Crippen LogP contribution is 2.28. The molecule has 1 aliphatic heterocycles. The van der Waals surface area contributed by atoms with Crippen molar-refractivity contribution in [1.82, 2.24) is 19.9 Å². The first kappa shape index (κ1) is 17.4. The highest BCUT2D eigenvalue weighted by molar-refractivity contribution is 5.02. The Bertz CT molecular complexity index is 461. The molecular weight excluding hydrogens is 276 g/mol.